The van der Waals surface area contributed by atoms with Gasteiger partial charge in [0, 0.05) is 19.5 Å². The van der Waals surface area contributed by atoms with E-state index in [2.05, 4.69) is 15.3 Å². The fourth-order valence-electron chi connectivity index (χ4n) is 2.14. The SMILES string of the molecule is O=c1[nH]c(Cc2ccccc2F)nc2c1CNC2. The normalized spacial score (nSPS) is 13.6. The first-order chi connectivity index (χ1) is 8.74. The summed E-state index contributed by atoms with van der Waals surface area (Å²) in [5.74, 6) is 0.228. The summed E-state index contributed by atoms with van der Waals surface area (Å²) in [6.07, 6.45) is 0.301. The number of nitrogens with zero attached hydrogens (tertiary/aromatic N) is 1. The molecule has 0 aliphatic carbocycles. The summed E-state index contributed by atoms with van der Waals surface area (Å²) < 4.78 is 13.5. The summed E-state index contributed by atoms with van der Waals surface area (Å²) in [6.45, 7) is 1.15. The highest BCUT2D eigenvalue weighted by molar-refractivity contribution is 5.25. The molecule has 0 radical (unpaired) electrons. The van der Waals surface area contributed by atoms with E-state index in [-0.39, 0.29) is 11.4 Å². The Kier molecular flexibility index (Phi) is 2.68. The van der Waals surface area contributed by atoms with Gasteiger partial charge in [-0.2, -0.15) is 0 Å². The number of fused-ring (bicyclic) bond motifs is 1. The van der Waals surface area contributed by atoms with Crippen LogP contribution in [0.3, 0.4) is 0 Å². The first-order valence-electron chi connectivity index (χ1n) is 5.79. The largest absolute Gasteiger partial charge is 0.310 e. The number of aromatic amines is 1. The number of halogens is 1. The Hall–Kier alpha value is -2.01. The molecule has 1 aromatic carbocycles. The van der Waals surface area contributed by atoms with Crippen molar-refractivity contribution in [1.82, 2.24) is 15.3 Å². The van der Waals surface area contributed by atoms with E-state index < -0.39 is 0 Å². The molecule has 0 amide bonds. The van der Waals surface area contributed by atoms with Gasteiger partial charge in [-0.15, -0.1) is 0 Å². The summed E-state index contributed by atoms with van der Waals surface area (Å²) in [7, 11) is 0. The second-order valence-electron chi connectivity index (χ2n) is 4.31. The Morgan fingerprint density at radius 1 is 1.28 bits per heavy atom. The average Bonchev–Trinajstić information content (AvgIpc) is 2.81. The highest BCUT2D eigenvalue weighted by Gasteiger charge is 2.16. The van der Waals surface area contributed by atoms with Crippen molar-refractivity contribution in [2.24, 2.45) is 0 Å². The number of nitrogens with one attached hydrogen (secondary N) is 2. The van der Waals surface area contributed by atoms with Crippen molar-refractivity contribution >= 4 is 0 Å². The molecule has 2 aromatic rings. The Labute approximate surface area is 103 Å². The van der Waals surface area contributed by atoms with Crippen molar-refractivity contribution in [2.45, 2.75) is 19.5 Å². The molecular weight excluding hydrogens is 233 g/mol. The van der Waals surface area contributed by atoms with E-state index in [1.807, 2.05) is 0 Å². The average molecular weight is 245 g/mol. The minimum absolute atomic E-state index is 0.128. The third-order valence-electron chi connectivity index (χ3n) is 3.06. The minimum Gasteiger partial charge on any atom is -0.310 e. The summed E-state index contributed by atoms with van der Waals surface area (Å²) in [4.78, 5) is 18.9. The molecule has 4 nitrogen and oxygen atoms in total. The Balaban J connectivity index is 1.97. The van der Waals surface area contributed by atoms with Crippen LogP contribution in [0.25, 0.3) is 0 Å². The minimum atomic E-state index is -0.279. The van der Waals surface area contributed by atoms with Crippen LogP contribution in [0.15, 0.2) is 29.1 Å². The van der Waals surface area contributed by atoms with Crippen LogP contribution in [0.2, 0.25) is 0 Å². The molecule has 2 heterocycles. The maximum absolute atomic E-state index is 13.5. The van der Waals surface area contributed by atoms with Crippen LogP contribution < -0.4 is 10.9 Å². The van der Waals surface area contributed by atoms with Crippen LogP contribution in [0, 0.1) is 5.82 Å². The molecule has 0 saturated heterocycles. The molecule has 1 aliphatic rings. The molecule has 0 bridgehead atoms. The first kappa shape index (κ1) is 11.1. The molecule has 18 heavy (non-hydrogen) atoms. The second-order valence-corrected chi connectivity index (χ2v) is 4.31. The summed E-state index contributed by atoms with van der Waals surface area (Å²) in [6, 6.07) is 6.51. The molecule has 5 heteroatoms. The molecule has 3 rings (SSSR count). The fraction of sp³-hybridized carbons (Fsp3) is 0.231. The third kappa shape index (κ3) is 1.93. The van der Waals surface area contributed by atoms with Crippen molar-refractivity contribution in [2.75, 3.05) is 0 Å². The molecule has 92 valence electrons. The van der Waals surface area contributed by atoms with Crippen LogP contribution in [0.1, 0.15) is 22.6 Å². The molecule has 2 N–H and O–H groups in total. The van der Waals surface area contributed by atoms with E-state index >= 15 is 0 Å². The summed E-state index contributed by atoms with van der Waals surface area (Å²) >= 11 is 0. The lowest BCUT2D eigenvalue weighted by Gasteiger charge is -2.04. The smallest absolute Gasteiger partial charge is 0.255 e. The zero-order chi connectivity index (χ0) is 12.5. The molecule has 0 spiro atoms. The monoisotopic (exact) mass is 245 g/mol. The molecule has 0 fully saturated rings. The van der Waals surface area contributed by atoms with Gasteiger partial charge >= 0.3 is 0 Å². The van der Waals surface area contributed by atoms with Gasteiger partial charge in [0.1, 0.15) is 11.6 Å². The Morgan fingerprint density at radius 3 is 2.94 bits per heavy atom. The predicted molar refractivity (Wildman–Crippen MR) is 64.6 cm³/mol. The van der Waals surface area contributed by atoms with Gasteiger partial charge in [0.15, 0.2) is 0 Å². The number of hydrogen-bond acceptors (Lipinski definition) is 3. The summed E-state index contributed by atoms with van der Waals surface area (Å²) in [5.41, 5.74) is 1.86. The molecule has 0 atom stereocenters. The van der Waals surface area contributed by atoms with Gasteiger partial charge in [-0.05, 0) is 11.6 Å². The van der Waals surface area contributed by atoms with Gasteiger partial charge in [-0.1, -0.05) is 18.2 Å². The predicted octanol–water partition coefficient (Wildman–Crippen LogP) is 1.10. The zero-order valence-electron chi connectivity index (χ0n) is 9.66. The number of H-pyrrole nitrogens is 1. The lowest BCUT2D eigenvalue weighted by Crippen LogP contribution is -2.17. The van der Waals surface area contributed by atoms with Crippen molar-refractivity contribution in [3.8, 4) is 0 Å². The van der Waals surface area contributed by atoms with Gasteiger partial charge in [0.2, 0.25) is 0 Å². The van der Waals surface area contributed by atoms with Crippen molar-refractivity contribution in [3.05, 3.63) is 63.1 Å². The van der Waals surface area contributed by atoms with Crippen LogP contribution in [-0.2, 0) is 19.5 Å². The molecule has 0 unspecified atom stereocenters. The van der Waals surface area contributed by atoms with Gasteiger partial charge in [0.05, 0.1) is 11.3 Å². The van der Waals surface area contributed by atoms with E-state index in [9.17, 15) is 9.18 Å². The Morgan fingerprint density at radius 2 is 2.11 bits per heavy atom. The van der Waals surface area contributed by atoms with E-state index in [1.54, 1.807) is 18.2 Å². The Bertz CT molecular complexity index is 651. The lowest BCUT2D eigenvalue weighted by atomic mass is 10.1. The van der Waals surface area contributed by atoms with E-state index in [4.69, 9.17) is 0 Å². The highest BCUT2D eigenvalue weighted by atomic mass is 19.1. The second kappa shape index (κ2) is 4.34. The van der Waals surface area contributed by atoms with Crippen LogP contribution in [-0.4, -0.2) is 9.97 Å². The van der Waals surface area contributed by atoms with Crippen molar-refractivity contribution in [3.63, 3.8) is 0 Å². The number of hydrogen-bond donors (Lipinski definition) is 2. The molecule has 0 saturated carbocycles. The van der Waals surface area contributed by atoms with Crippen LogP contribution >= 0.6 is 0 Å². The van der Waals surface area contributed by atoms with Gasteiger partial charge in [0.25, 0.3) is 5.56 Å². The van der Waals surface area contributed by atoms with Crippen LogP contribution in [0.4, 0.5) is 4.39 Å². The summed E-state index contributed by atoms with van der Waals surface area (Å²) in [5, 5.41) is 3.07. The third-order valence-corrected chi connectivity index (χ3v) is 3.06. The zero-order valence-corrected chi connectivity index (χ0v) is 9.66. The van der Waals surface area contributed by atoms with E-state index in [1.165, 1.54) is 6.07 Å². The van der Waals surface area contributed by atoms with E-state index in [0.717, 1.165) is 5.69 Å². The number of benzene rings is 1. The topological polar surface area (TPSA) is 57.8 Å². The van der Waals surface area contributed by atoms with Gasteiger partial charge in [-0.3, -0.25) is 4.79 Å². The molecule has 1 aromatic heterocycles. The van der Waals surface area contributed by atoms with Crippen molar-refractivity contribution < 1.29 is 4.39 Å². The van der Waals surface area contributed by atoms with E-state index in [0.29, 0.717) is 36.5 Å². The lowest BCUT2D eigenvalue weighted by molar-refractivity contribution is 0.611. The van der Waals surface area contributed by atoms with Gasteiger partial charge in [-0.25, -0.2) is 9.37 Å². The van der Waals surface area contributed by atoms with Gasteiger partial charge < -0.3 is 10.3 Å². The standard InChI is InChI=1S/C13H12FN3O/c14-10-4-2-1-3-8(10)5-12-16-11-7-15-6-9(11)13(18)17-12/h1-4,15H,5-7H2,(H,16,17,18). The van der Waals surface area contributed by atoms with Crippen molar-refractivity contribution in [1.29, 1.82) is 0 Å². The fourth-order valence-corrected chi connectivity index (χ4v) is 2.14. The highest BCUT2D eigenvalue weighted by Crippen LogP contribution is 2.12. The quantitative estimate of drug-likeness (QED) is 0.833. The number of rotatable bonds is 2. The molecular formula is C13H12FN3O. The molecule has 1 aliphatic heterocycles. The number of aromatic nitrogens is 2. The maximum Gasteiger partial charge on any atom is 0.255 e. The van der Waals surface area contributed by atoms with Crippen LogP contribution in [0.5, 0.6) is 0 Å². The first-order valence-corrected chi connectivity index (χ1v) is 5.79. The maximum atomic E-state index is 13.5.